The van der Waals surface area contributed by atoms with E-state index >= 15 is 0 Å². The first-order valence-corrected chi connectivity index (χ1v) is 4.25. The molecule has 1 aromatic heterocycles. The zero-order chi connectivity index (χ0) is 7.40. The predicted octanol–water partition coefficient (Wildman–Crippen LogP) is 1.25. The molecule has 0 spiro atoms. The van der Waals surface area contributed by atoms with Gasteiger partial charge in [-0.05, 0) is 14.1 Å². The van der Waals surface area contributed by atoms with Crippen molar-refractivity contribution >= 4 is 11.3 Å². The van der Waals surface area contributed by atoms with Gasteiger partial charge in [0.05, 0.1) is 11.2 Å². The Labute approximate surface area is 65.5 Å². The van der Waals surface area contributed by atoms with Gasteiger partial charge in [-0.25, -0.2) is 4.98 Å². The van der Waals surface area contributed by atoms with Crippen molar-refractivity contribution in [3.63, 3.8) is 0 Å². The van der Waals surface area contributed by atoms with Gasteiger partial charge < -0.3 is 4.90 Å². The third kappa shape index (κ3) is 2.45. The second-order valence-electron chi connectivity index (χ2n) is 2.53. The maximum absolute atomic E-state index is 4.18. The second kappa shape index (κ2) is 3.68. The zero-order valence-electron chi connectivity index (χ0n) is 6.37. The molecule has 0 aliphatic rings. The molecule has 0 aromatic carbocycles. The molecule has 1 heterocycles. The first kappa shape index (κ1) is 7.69. The molecule has 0 saturated heterocycles. The molecule has 0 saturated carbocycles. The number of thiazole rings is 1. The van der Waals surface area contributed by atoms with Crippen molar-refractivity contribution in [2.45, 2.75) is 6.42 Å². The Morgan fingerprint density at radius 2 is 2.40 bits per heavy atom. The molecule has 0 N–H and O–H groups in total. The predicted molar refractivity (Wildman–Crippen MR) is 44.4 cm³/mol. The molecule has 10 heavy (non-hydrogen) atoms. The molecule has 56 valence electrons. The number of hydrogen-bond donors (Lipinski definition) is 0. The average molecular weight is 156 g/mol. The lowest BCUT2D eigenvalue weighted by Crippen LogP contribution is -2.15. The van der Waals surface area contributed by atoms with Crippen molar-refractivity contribution in [2.75, 3.05) is 20.6 Å². The Morgan fingerprint density at radius 1 is 1.60 bits per heavy atom. The fourth-order valence-corrected chi connectivity index (χ4v) is 1.29. The van der Waals surface area contributed by atoms with Gasteiger partial charge in [-0.15, -0.1) is 11.3 Å². The third-order valence-corrected chi connectivity index (χ3v) is 1.93. The Morgan fingerprint density at radius 3 is 2.90 bits per heavy atom. The molecule has 3 heteroatoms. The van der Waals surface area contributed by atoms with E-state index in [1.165, 1.54) is 5.69 Å². The van der Waals surface area contributed by atoms with Crippen molar-refractivity contribution in [3.05, 3.63) is 16.6 Å². The minimum atomic E-state index is 1.07. The van der Waals surface area contributed by atoms with E-state index in [2.05, 4.69) is 29.4 Å². The fraction of sp³-hybridized carbons (Fsp3) is 0.571. The van der Waals surface area contributed by atoms with Crippen LogP contribution in [0.2, 0.25) is 0 Å². The van der Waals surface area contributed by atoms with Crippen LogP contribution < -0.4 is 0 Å². The first-order valence-electron chi connectivity index (χ1n) is 3.31. The smallest absolute Gasteiger partial charge is 0.0794 e. The van der Waals surface area contributed by atoms with E-state index in [1.807, 2.05) is 5.51 Å². The van der Waals surface area contributed by atoms with Gasteiger partial charge in [0.25, 0.3) is 0 Å². The van der Waals surface area contributed by atoms with E-state index in [4.69, 9.17) is 0 Å². The number of aromatic nitrogens is 1. The molecule has 0 amide bonds. The van der Waals surface area contributed by atoms with Crippen molar-refractivity contribution in [1.29, 1.82) is 0 Å². The van der Waals surface area contributed by atoms with Gasteiger partial charge in [-0.2, -0.15) is 0 Å². The van der Waals surface area contributed by atoms with Crippen LogP contribution in [0, 0.1) is 0 Å². The van der Waals surface area contributed by atoms with Crippen LogP contribution in [0.3, 0.4) is 0 Å². The van der Waals surface area contributed by atoms with Crippen LogP contribution >= 0.6 is 11.3 Å². The van der Waals surface area contributed by atoms with Crippen molar-refractivity contribution in [2.24, 2.45) is 0 Å². The number of nitrogens with zero attached hydrogens (tertiary/aromatic N) is 2. The summed E-state index contributed by atoms with van der Waals surface area (Å²) in [6.07, 6.45) is 1.07. The van der Waals surface area contributed by atoms with Gasteiger partial charge in [-0.3, -0.25) is 0 Å². The Kier molecular flexibility index (Phi) is 2.83. The van der Waals surface area contributed by atoms with Gasteiger partial charge in [0.1, 0.15) is 0 Å². The molecule has 1 rings (SSSR count). The average Bonchev–Trinajstić information content (AvgIpc) is 2.34. The molecule has 2 nitrogen and oxygen atoms in total. The van der Waals surface area contributed by atoms with Gasteiger partial charge in [0.2, 0.25) is 0 Å². The number of hydrogen-bond acceptors (Lipinski definition) is 3. The van der Waals surface area contributed by atoms with Gasteiger partial charge in [0, 0.05) is 18.3 Å². The molecule has 0 aliphatic heterocycles. The highest BCUT2D eigenvalue weighted by Gasteiger charge is 1.94. The van der Waals surface area contributed by atoms with Crippen molar-refractivity contribution < 1.29 is 0 Å². The molecule has 0 aliphatic carbocycles. The molecule has 0 fully saturated rings. The standard InChI is InChI=1S/C7H12N2S/c1-9(2)4-3-7-5-10-6-8-7/h5-6H,3-4H2,1-2H3. The maximum atomic E-state index is 4.18. The summed E-state index contributed by atoms with van der Waals surface area (Å²) in [6.45, 7) is 1.09. The van der Waals surface area contributed by atoms with E-state index < -0.39 is 0 Å². The topological polar surface area (TPSA) is 16.1 Å². The third-order valence-electron chi connectivity index (χ3n) is 1.30. The lowest BCUT2D eigenvalue weighted by molar-refractivity contribution is 0.412. The van der Waals surface area contributed by atoms with Crippen molar-refractivity contribution in [1.82, 2.24) is 9.88 Å². The van der Waals surface area contributed by atoms with Crippen LogP contribution in [-0.2, 0) is 6.42 Å². The summed E-state index contributed by atoms with van der Waals surface area (Å²) in [6, 6.07) is 0. The molecule has 0 atom stereocenters. The molecule has 0 bridgehead atoms. The van der Waals surface area contributed by atoms with E-state index in [0.29, 0.717) is 0 Å². The Balaban J connectivity index is 2.28. The lowest BCUT2D eigenvalue weighted by atomic mass is 10.3. The highest BCUT2D eigenvalue weighted by molar-refractivity contribution is 7.07. The van der Waals surface area contributed by atoms with Gasteiger partial charge >= 0.3 is 0 Å². The van der Waals surface area contributed by atoms with E-state index in [1.54, 1.807) is 11.3 Å². The van der Waals surface area contributed by atoms with Gasteiger partial charge in [-0.1, -0.05) is 0 Å². The molecule has 1 aromatic rings. The quantitative estimate of drug-likeness (QED) is 0.654. The Hall–Kier alpha value is -0.410. The van der Waals surface area contributed by atoms with E-state index in [-0.39, 0.29) is 0 Å². The molecular weight excluding hydrogens is 144 g/mol. The van der Waals surface area contributed by atoms with Crippen LogP contribution in [0.4, 0.5) is 0 Å². The first-order chi connectivity index (χ1) is 4.79. The summed E-state index contributed by atoms with van der Waals surface area (Å²) in [5.41, 5.74) is 3.09. The highest BCUT2D eigenvalue weighted by atomic mass is 32.1. The van der Waals surface area contributed by atoms with Crippen molar-refractivity contribution in [3.8, 4) is 0 Å². The summed E-state index contributed by atoms with van der Waals surface area (Å²) in [4.78, 5) is 6.35. The fourth-order valence-electron chi connectivity index (χ4n) is 0.699. The van der Waals surface area contributed by atoms with Crippen LogP contribution in [0.1, 0.15) is 5.69 Å². The molecule has 0 unspecified atom stereocenters. The summed E-state index contributed by atoms with van der Waals surface area (Å²) in [5.74, 6) is 0. The van der Waals surface area contributed by atoms with Crippen LogP contribution in [0.15, 0.2) is 10.9 Å². The monoisotopic (exact) mass is 156 g/mol. The second-order valence-corrected chi connectivity index (χ2v) is 3.25. The molecule has 0 radical (unpaired) electrons. The highest BCUT2D eigenvalue weighted by Crippen LogP contribution is 2.01. The summed E-state index contributed by atoms with van der Waals surface area (Å²) < 4.78 is 0. The SMILES string of the molecule is CN(C)CCc1cscn1. The summed E-state index contributed by atoms with van der Waals surface area (Å²) in [5, 5.41) is 2.10. The summed E-state index contributed by atoms with van der Waals surface area (Å²) in [7, 11) is 4.15. The maximum Gasteiger partial charge on any atom is 0.0794 e. The minimum absolute atomic E-state index is 1.07. The largest absolute Gasteiger partial charge is 0.309 e. The number of likely N-dealkylation sites (N-methyl/N-ethyl adjacent to an activating group) is 1. The van der Waals surface area contributed by atoms with Crippen LogP contribution in [0.25, 0.3) is 0 Å². The molecular formula is C7H12N2S. The Bertz CT molecular complexity index is 170. The number of rotatable bonds is 3. The summed E-state index contributed by atoms with van der Waals surface area (Å²) >= 11 is 1.66. The van der Waals surface area contributed by atoms with E-state index in [0.717, 1.165) is 13.0 Å². The van der Waals surface area contributed by atoms with Crippen LogP contribution in [0.5, 0.6) is 0 Å². The minimum Gasteiger partial charge on any atom is -0.309 e. The van der Waals surface area contributed by atoms with E-state index in [9.17, 15) is 0 Å². The lowest BCUT2D eigenvalue weighted by Gasteiger charge is -2.06. The van der Waals surface area contributed by atoms with Gasteiger partial charge in [0.15, 0.2) is 0 Å². The van der Waals surface area contributed by atoms with Crippen LogP contribution in [-0.4, -0.2) is 30.5 Å². The zero-order valence-corrected chi connectivity index (χ0v) is 7.19. The normalized spacial score (nSPS) is 10.7.